The first-order valence-corrected chi connectivity index (χ1v) is 8.93. The third-order valence-corrected chi connectivity index (χ3v) is 5.23. The normalized spacial score (nSPS) is 26.8. The molecular formula is C19H22N4O3. The number of anilines is 1. The number of nitrogens with zero attached hydrogens (tertiary/aromatic N) is 1. The number of pyridine rings is 1. The molecule has 1 aromatic heterocycles. The van der Waals surface area contributed by atoms with E-state index in [1.54, 1.807) is 6.07 Å². The number of carbonyl (C=O) groups is 2. The summed E-state index contributed by atoms with van der Waals surface area (Å²) < 4.78 is 0. The molecule has 2 aliphatic carbocycles. The van der Waals surface area contributed by atoms with Gasteiger partial charge in [-0.05, 0) is 36.6 Å². The van der Waals surface area contributed by atoms with Gasteiger partial charge in [0, 0.05) is 23.9 Å². The van der Waals surface area contributed by atoms with E-state index < -0.39 is 0 Å². The Bertz CT molecular complexity index is 863. The van der Waals surface area contributed by atoms with Crippen molar-refractivity contribution in [1.29, 1.82) is 0 Å². The highest BCUT2D eigenvalue weighted by Gasteiger charge is 2.41. The minimum absolute atomic E-state index is 0.0117. The van der Waals surface area contributed by atoms with Gasteiger partial charge in [-0.3, -0.25) is 9.59 Å². The van der Waals surface area contributed by atoms with Gasteiger partial charge in [0.1, 0.15) is 11.5 Å². The molecule has 2 amide bonds. The number of carbonyl (C=O) groups excluding carboxylic acids is 2. The van der Waals surface area contributed by atoms with Crippen LogP contribution < -0.4 is 16.4 Å². The number of aliphatic hydroxyl groups is 1. The van der Waals surface area contributed by atoms with Gasteiger partial charge < -0.3 is 21.5 Å². The van der Waals surface area contributed by atoms with Gasteiger partial charge in [0.2, 0.25) is 5.91 Å². The lowest BCUT2D eigenvalue weighted by atomic mass is 9.82. The van der Waals surface area contributed by atoms with Crippen molar-refractivity contribution in [2.75, 3.05) is 12.3 Å². The van der Waals surface area contributed by atoms with Crippen LogP contribution in [0.1, 0.15) is 29.8 Å². The SMILES string of the molecule is Nc1cc2ccccc2c(C(=O)NCC2CC2NC(=O)C2CC(O)C2)n1. The molecule has 2 fully saturated rings. The number of nitrogens with one attached hydrogen (secondary N) is 2. The zero-order chi connectivity index (χ0) is 18.3. The average molecular weight is 354 g/mol. The van der Waals surface area contributed by atoms with E-state index in [9.17, 15) is 14.7 Å². The second-order valence-corrected chi connectivity index (χ2v) is 7.26. The summed E-state index contributed by atoms with van der Waals surface area (Å²) in [6.45, 7) is 0.488. The van der Waals surface area contributed by atoms with Crippen LogP contribution in [0.25, 0.3) is 10.8 Å². The Morgan fingerprint density at radius 3 is 2.77 bits per heavy atom. The van der Waals surface area contributed by atoms with Crippen molar-refractivity contribution in [1.82, 2.24) is 15.6 Å². The molecule has 26 heavy (non-hydrogen) atoms. The van der Waals surface area contributed by atoms with Crippen LogP contribution in [0, 0.1) is 11.8 Å². The minimum atomic E-state index is -0.333. The largest absolute Gasteiger partial charge is 0.393 e. The van der Waals surface area contributed by atoms with Gasteiger partial charge in [-0.15, -0.1) is 0 Å². The van der Waals surface area contributed by atoms with Gasteiger partial charge in [-0.2, -0.15) is 0 Å². The van der Waals surface area contributed by atoms with Crippen molar-refractivity contribution in [3.05, 3.63) is 36.0 Å². The van der Waals surface area contributed by atoms with E-state index in [1.165, 1.54) is 0 Å². The Labute approximate surface area is 151 Å². The molecule has 7 heteroatoms. The molecule has 7 nitrogen and oxygen atoms in total. The number of hydrogen-bond donors (Lipinski definition) is 4. The first kappa shape index (κ1) is 16.8. The van der Waals surface area contributed by atoms with Crippen LogP contribution in [0.2, 0.25) is 0 Å². The summed E-state index contributed by atoms with van der Waals surface area (Å²) in [5.41, 5.74) is 6.13. The second kappa shape index (κ2) is 6.57. The lowest BCUT2D eigenvalue weighted by Crippen LogP contribution is -2.42. The van der Waals surface area contributed by atoms with E-state index in [0.29, 0.717) is 30.9 Å². The van der Waals surface area contributed by atoms with Crippen LogP contribution in [-0.2, 0) is 4.79 Å². The van der Waals surface area contributed by atoms with Crippen LogP contribution in [0.15, 0.2) is 30.3 Å². The highest BCUT2D eigenvalue weighted by atomic mass is 16.3. The number of rotatable bonds is 5. The first-order chi connectivity index (χ1) is 12.5. The van der Waals surface area contributed by atoms with Gasteiger partial charge >= 0.3 is 0 Å². The molecule has 2 aliphatic rings. The van der Waals surface area contributed by atoms with Crippen molar-refractivity contribution in [2.45, 2.75) is 31.4 Å². The van der Waals surface area contributed by atoms with Crippen LogP contribution >= 0.6 is 0 Å². The average Bonchev–Trinajstić information content (AvgIpc) is 3.33. The molecule has 136 valence electrons. The summed E-state index contributed by atoms with van der Waals surface area (Å²) in [7, 11) is 0. The van der Waals surface area contributed by atoms with E-state index in [4.69, 9.17) is 5.73 Å². The number of aliphatic hydroxyl groups excluding tert-OH is 1. The molecule has 1 heterocycles. The molecule has 2 saturated carbocycles. The Kier molecular flexibility index (Phi) is 4.24. The predicted molar refractivity (Wildman–Crippen MR) is 97.3 cm³/mol. The number of fused-ring (bicyclic) bond motifs is 1. The monoisotopic (exact) mass is 354 g/mol. The predicted octanol–water partition coefficient (Wildman–Crippen LogP) is 0.822. The number of amides is 2. The fourth-order valence-electron chi connectivity index (χ4n) is 3.45. The maximum atomic E-state index is 12.5. The van der Waals surface area contributed by atoms with Crippen LogP contribution in [0.3, 0.4) is 0 Å². The van der Waals surface area contributed by atoms with Crippen molar-refractivity contribution in [2.24, 2.45) is 11.8 Å². The summed E-state index contributed by atoms with van der Waals surface area (Å²) >= 11 is 0. The number of benzene rings is 1. The minimum Gasteiger partial charge on any atom is -0.393 e. The summed E-state index contributed by atoms with van der Waals surface area (Å²) in [6, 6.07) is 9.35. The van der Waals surface area contributed by atoms with Gasteiger partial charge in [-0.25, -0.2) is 4.98 Å². The third kappa shape index (κ3) is 3.35. The Balaban J connectivity index is 1.32. The van der Waals surface area contributed by atoms with E-state index in [1.807, 2.05) is 24.3 Å². The second-order valence-electron chi connectivity index (χ2n) is 7.26. The van der Waals surface area contributed by atoms with Crippen LogP contribution in [0.4, 0.5) is 5.82 Å². The zero-order valence-corrected chi connectivity index (χ0v) is 14.3. The number of aromatic nitrogens is 1. The standard InChI is InChI=1S/C19H22N4O3/c20-16-8-10-3-1-2-4-14(10)17(23-16)19(26)21-9-12-7-15(12)22-18(25)11-5-13(24)6-11/h1-4,8,11-13,15,24H,5-7,9H2,(H2,20,23)(H,21,26)(H,22,25). The van der Waals surface area contributed by atoms with E-state index in [2.05, 4.69) is 15.6 Å². The lowest BCUT2D eigenvalue weighted by molar-refractivity contribution is -0.131. The molecule has 4 rings (SSSR count). The van der Waals surface area contributed by atoms with Gasteiger partial charge in [0.05, 0.1) is 6.10 Å². The highest BCUT2D eigenvalue weighted by Crippen LogP contribution is 2.32. The van der Waals surface area contributed by atoms with Crippen molar-refractivity contribution < 1.29 is 14.7 Å². The molecular weight excluding hydrogens is 332 g/mol. The quantitative estimate of drug-likeness (QED) is 0.634. The van der Waals surface area contributed by atoms with E-state index in [0.717, 1.165) is 17.2 Å². The lowest BCUT2D eigenvalue weighted by Gasteiger charge is -2.30. The first-order valence-electron chi connectivity index (χ1n) is 8.93. The highest BCUT2D eigenvalue weighted by molar-refractivity contribution is 6.06. The van der Waals surface area contributed by atoms with Crippen molar-refractivity contribution >= 4 is 28.4 Å². The van der Waals surface area contributed by atoms with E-state index >= 15 is 0 Å². The molecule has 0 aliphatic heterocycles. The molecule has 0 spiro atoms. The summed E-state index contributed by atoms with van der Waals surface area (Å²) in [6.07, 6.45) is 1.62. The molecule has 2 atom stereocenters. The summed E-state index contributed by atoms with van der Waals surface area (Å²) in [5, 5.41) is 16.8. The Hall–Kier alpha value is -2.67. The molecule has 0 saturated heterocycles. The number of hydrogen-bond acceptors (Lipinski definition) is 5. The molecule has 1 aromatic carbocycles. The molecule has 5 N–H and O–H groups in total. The summed E-state index contributed by atoms with van der Waals surface area (Å²) in [4.78, 5) is 28.7. The smallest absolute Gasteiger partial charge is 0.270 e. The number of nitrogens with two attached hydrogens (primary N) is 1. The Morgan fingerprint density at radius 2 is 2.00 bits per heavy atom. The fraction of sp³-hybridized carbons (Fsp3) is 0.421. The van der Waals surface area contributed by atoms with Crippen LogP contribution in [0.5, 0.6) is 0 Å². The van der Waals surface area contributed by atoms with Gasteiger partial charge in [-0.1, -0.05) is 24.3 Å². The number of nitrogen functional groups attached to an aromatic ring is 1. The topological polar surface area (TPSA) is 117 Å². The molecule has 2 aromatic rings. The summed E-state index contributed by atoms with van der Waals surface area (Å²) in [5.74, 6) is 0.238. The Morgan fingerprint density at radius 1 is 1.23 bits per heavy atom. The van der Waals surface area contributed by atoms with Crippen molar-refractivity contribution in [3.8, 4) is 0 Å². The fourth-order valence-corrected chi connectivity index (χ4v) is 3.45. The third-order valence-electron chi connectivity index (χ3n) is 5.23. The van der Waals surface area contributed by atoms with Crippen LogP contribution in [-0.4, -0.2) is 40.6 Å². The molecule has 2 unspecified atom stereocenters. The molecule has 0 bridgehead atoms. The maximum Gasteiger partial charge on any atom is 0.270 e. The maximum absolute atomic E-state index is 12.5. The van der Waals surface area contributed by atoms with E-state index in [-0.39, 0.29) is 35.8 Å². The van der Waals surface area contributed by atoms with Crippen molar-refractivity contribution in [3.63, 3.8) is 0 Å². The molecule has 0 radical (unpaired) electrons. The van der Waals surface area contributed by atoms with Gasteiger partial charge in [0.15, 0.2) is 0 Å². The van der Waals surface area contributed by atoms with Gasteiger partial charge in [0.25, 0.3) is 5.91 Å². The zero-order valence-electron chi connectivity index (χ0n) is 14.3.